The molecule has 5 nitrogen and oxygen atoms in total. The van der Waals surface area contributed by atoms with E-state index in [4.69, 9.17) is 5.73 Å². The van der Waals surface area contributed by atoms with Gasteiger partial charge in [-0.05, 0) is 57.7 Å². The second-order valence-electron chi connectivity index (χ2n) is 7.27. The van der Waals surface area contributed by atoms with Crippen LogP contribution in [-0.4, -0.2) is 27.8 Å². The standard InChI is InChI=1S/C22H33NO4/c1-5-6-7-8-16-13-18(24)19(21(25)20(16)22(26)27)17(11-14(2)3)12-15(4)9-10-23/h12-13,17,24-25H,2,5-11,23H2,1,3-4H3,(H,26,27)/b15-12-. The lowest BCUT2D eigenvalue weighted by Gasteiger charge is -2.21. The van der Waals surface area contributed by atoms with Crippen molar-refractivity contribution in [3.8, 4) is 11.5 Å². The van der Waals surface area contributed by atoms with E-state index in [2.05, 4.69) is 13.5 Å². The molecule has 5 heteroatoms. The maximum atomic E-state index is 11.8. The van der Waals surface area contributed by atoms with Gasteiger partial charge in [-0.2, -0.15) is 0 Å². The molecule has 0 saturated heterocycles. The van der Waals surface area contributed by atoms with Crippen LogP contribution in [0.3, 0.4) is 0 Å². The Labute approximate surface area is 162 Å². The van der Waals surface area contributed by atoms with Crippen molar-refractivity contribution in [1.29, 1.82) is 0 Å². The number of nitrogens with two attached hydrogens (primary N) is 1. The Kier molecular flexibility index (Phi) is 9.09. The Balaban J connectivity index is 3.49. The van der Waals surface area contributed by atoms with Crippen LogP contribution in [0.4, 0.5) is 0 Å². The number of aryl methyl sites for hydroxylation is 1. The molecule has 1 atom stereocenters. The monoisotopic (exact) mass is 375 g/mol. The Morgan fingerprint density at radius 3 is 2.48 bits per heavy atom. The lowest BCUT2D eigenvalue weighted by Crippen LogP contribution is -2.08. The molecule has 0 fully saturated rings. The molecule has 0 radical (unpaired) electrons. The lowest BCUT2D eigenvalue weighted by molar-refractivity contribution is 0.0692. The maximum Gasteiger partial charge on any atom is 0.339 e. The van der Waals surface area contributed by atoms with Crippen molar-refractivity contribution < 1.29 is 20.1 Å². The van der Waals surface area contributed by atoms with Gasteiger partial charge < -0.3 is 21.1 Å². The first-order valence-corrected chi connectivity index (χ1v) is 9.55. The number of carboxylic acid groups (broad SMARTS) is 1. The van der Waals surface area contributed by atoms with Crippen LogP contribution in [0.25, 0.3) is 0 Å². The fourth-order valence-electron chi connectivity index (χ4n) is 3.36. The highest BCUT2D eigenvalue weighted by Gasteiger charge is 2.26. The molecule has 0 aromatic heterocycles. The Hall–Kier alpha value is -2.27. The Bertz CT molecular complexity index is 707. The van der Waals surface area contributed by atoms with Gasteiger partial charge in [0.15, 0.2) is 0 Å². The van der Waals surface area contributed by atoms with Crippen LogP contribution >= 0.6 is 0 Å². The van der Waals surface area contributed by atoms with Crippen molar-refractivity contribution in [1.82, 2.24) is 0 Å². The first kappa shape index (κ1) is 22.8. The molecule has 1 aromatic rings. The first-order chi connectivity index (χ1) is 12.7. The summed E-state index contributed by atoms with van der Waals surface area (Å²) in [4.78, 5) is 11.8. The molecule has 1 rings (SSSR count). The molecular formula is C22H33NO4. The number of carbonyl (C=O) groups is 1. The van der Waals surface area contributed by atoms with Crippen molar-refractivity contribution >= 4 is 5.97 Å². The summed E-state index contributed by atoms with van der Waals surface area (Å²) in [6.07, 6.45) is 6.39. The zero-order chi connectivity index (χ0) is 20.6. The summed E-state index contributed by atoms with van der Waals surface area (Å²) in [5.74, 6) is -1.97. The Morgan fingerprint density at radius 1 is 1.30 bits per heavy atom. The first-order valence-electron chi connectivity index (χ1n) is 9.55. The summed E-state index contributed by atoms with van der Waals surface area (Å²) in [6.45, 7) is 10.3. The second kappa shape index (κ2) is 10.8. The minimum atomic E-state index is -1.18. The van der Waals surface area contributed by atoms with E-state index in [9.17, 15) is 20.1 Å². The smallest absolute Gasteiger partial charge is 0.339 e. The number of unbranched alkanes of at least 4 members (excludes halogenated alkanes) is 2. The molecule has 0 aliphatic carbocycles. The third-order valence-electron chi connectivity index (χ3n) is 4.63. The van der Waals surface area contributed by atoms with E-state index < -0.39 is 5.97 Å². The van der Waals surface area contributed by atoms with Gasteiger partial charge in [0.2, 0.25) is 0 Å². The fraction of sp³-hybridized carbons (Fsp3) is 0.500. The van der Waals surface area contributed by atoms with Gasteiger partial charge in [-0.1, -0.05) is 37.0 Å². The molecule has 0 aliphatic rings. The molecule has 0 heterocycles. The SMILES string of the molecule is C=C(C)CC(/C=C(/C)CCN)c1c(O)cc(CCCCC)c(C(=O)O)c1O. The molecule has 1 unspecified atom stereocenters. The molecular weight excluding hydrogens is 342 g/mol. The molecule has 27 heavy (non-hydrogen) atoms. The van der Waals surface area contributed by atoms with E-state index in [0.29, 0.717) is 31.4 Å². The molecule has 1 aromatic carbocycles. The predicted molar refractivity (Wildman–Crippen MR) is 110 cm³/mol. The van der Waals surface area contributed by atoms with Crippen molar-refractivity contribution in [3.05, 3.63) is 46.6 Å². The summed E-state index contributed by atoms with van der Waals surface area (Å²) >= 11 is 0. The molecule has 5 N–H and O–H groups in total. The van der Waals surface area contributed by atoms with Crippen molar-refractivity contribution in [2.75, 3.05) is 6.54 Å². The van der Waals surface area contributed by atoms with Crippen LogP contribution in [0.15, 0.2) is 29.9 Å². The molecule has 0 saturated carbocycles. The van der Waals surface area contributed by atoms with E-state index in [1.54, 1.807) is 0 Å². The van der Waals surface area contributed by atoms with E-state index in [1.165, 1.54) is 6.07 Å². The number of phenolic OH excluding ortho intramolecular Hbond substituents is 1. The predicted octanol–water partition coefficient (Wildman–Crippen LogP) is 4.87. The zero-order valence-corrected chi connectivity index (χ0v) is 16.7. The number of aromatic carboxylic acids is 1. The minimum Gasteiger partial charge on any atom is -0.507 e. The normalized spacial score (nSPS) is 12.8. The molecule has 0 bridgehead atoms. The summed E-state index contributed by atoms with van der Waals surface area (Å²) in [6, 6.07) is 1.49. The van der Waals surface area contributed by atoms with E-state index in [0.717, 1.165) is 30.4 Å². The zero-order valence-electron chi connectivity index (χ0n) is 16.7. The summed E-state index contributed by atoms with van der Waals surface area (Å²) in [5, 5.41) is 31.1. The van der Waals surface area contributed by atoms with Gasteiger partial charge in [0.05, 0.1) is 0 Å². The number of phenols is 2. The van der Waals surface area contributed by atoms with Gasteiger partial charge in [0.1, 0.15) is 17.1 Å². The van der Waals surface area contributed by atoms with Crippen LogP contribution in [0.1, 0.15) is 80.3 Å². The summed E-state index contributed by atoms with van der Waals surface area (Å²) in [7, 11) is 0. The number of allylic oxidation sites excluding steroid dienone is 2. The lowest BCUT2D eigenvalue weighted by atomic mass is 9.86. The highest BCUT2D eigenvalue weighted by Crippen LogP contribution is 2.42. The number of aromatic hydroxyl groups is 2. The number of hydrogen-bond acceptors (Lipinski definition) is 4. The van der Waals surface area contributed by atoms with E-state index in [-0.39, 0.29) is 28.5 Å². The molecule has 150 valence electrons. The average Bonchev–Trinajstić information content (AvgIpc) is 2.53. The summed E-state index contributed by atoms with van der Waals surface area (Å²) < 4.78 is 0. The number of benzene rings is 1. The van der Waals surface area contributed by atoms with Gasteiger partial charge in [0, 0.05) is 11.5 Å². The highest BCUT2D eigenvalue weighted by molar-refractivity contribution is 5.94. The van der Waals surface area contributed by atoms with Crippen LogP contribution < -0.4 is 5.73 Å². The number of carboxylic acids is 1. The van der Waals surface area contributed by atoms with Gasteiger partial charge >= 0.3 is 5.97 Å². The van der Waals surface area contributed by atoms with Gasteiger partial charge in [0.25, 0.3) is 0 Å². The Morgan fingerprint density at radius 2 is 1.96 bits per heavy atom. The van der Waals surface area contributed by atoms with E-state index >= 15 is 0 Å². The maximum absolute atomic E-state index is 11.8. The topological polar surface area (TPSA) is 104 Å². The average molecular weight is 376 g/mol. The van der Waals surface area contributed by atoms with Crippen molar-refractivity contribution in [3.63, 3.8) is 0 Å². The highest BCUT2D eigenvalue weighted by atomic mass is 16.4. The van der Waals surface area contributed by atoms with Crippen LogP contribution in [0.5, 0.6) is 11.5 Å². The van der Waals surface area contributed by atoms with Gasteiger partial charge in [-0.15, -0.1) is 6.58 Å². The quantitative estimate of drug-likeness (QED) is 0.326. The van der Waals surface area contributed by atoms with Gasteiger partial charge in [-0.25, -0.2) is 4.79 Å². The minimum absolute atomic E-state index is 0.0768. The summed E-state index contributed by atoms with van der Waals surface area (Å²) in [5.41, 5.74) is 8.10. The molecule has 0 aliphatic heterocycles. The number of rotatable bonds is 11. The van der Waals surface area contributed by atoms with Crippen LogP contribution in [0, 0.1) is 0 Å². The molecule has 0 spiro atoms. The van der Waals surface area contributed by atoms with Crippen molar-refractivity contribution in [2.45, 2.75) is 65.2 Å². The third-order valence-corrected chi connectivity index (χ3v) is 4.63. The largest absolute Gasteiger partial charge is 0.507 e. The second-order valence-corrected chi connectivity index (χ2v) is 7.27. The fourth-order valence-corrected chi connectivity index (χ4v) is 3.36. The van der Waals surface area contributed by atoms with Crippen LogP contribution in [-0.2, 0) is 6.42 Å². The molecule has 0 amide bonds. The van der Waals surface area contributed by atoms with E-state index in [1.807, 2.05) is 19.9 Å². The van der Waals surface area contributed by atoms with Crippen molar-refractivity contribution in [2.24, 2.45) is 5.73 Å². The number of hydrogen-bond donors (Lipinski definition) is 4. The van der Waals surface area contributed by atoms with Crippen LogP contribution in [0.2, 0.25) is 0 Å². The van der Waals surface area contributed by atoms with Gasteiger partial charge in [-0.3, -0.25) is 0 Å². The third kappa shape index (κ3) is 6.43.